The summed E-state index contributed by atoms with van der Waals surface area (Å²) < 4.78 is 113. The van der Waals surface area contributed by atoms with E-state index in [4.69, 9.17) is 10.2 Å². The van der Waals surface area contributed by atoms with Crippen LogP contribution in [-0.4, -0.2) is 64.0 Å². The molecule has 0 heterocycles. The number of aromatic carboxylic acids is 2. The number of hydrogen-bond donors (Lipinski definition) is 6. The van der Waals surface area contributed by atoms with Crippen LogP contribution in [0.3, 0.4) is 0 Å². The lowest BCUT2D eigenvalue weighted by atomic mass is 10.1. The zero-order valence-electron chi connectivity index (χ0n) is 32.3. The molecule has 0 aliphatic heterocycles. The van der Waals surface area contributed by atoms with Gasteiger partial charge >= 0.3 is 25.2 Å². The molecule has 6 rings (SSSR count). The number of carbonyl (C=O) groups excluding carboxylic acids is 2. The summed E-state index contributed by atoms with van der Waals surface area (Å²) in [6.07, 6.45) is 0. The molecule has 0 aliphatic rings. The Balaban J connectivity index is 0.000000241. The van der Waals surface area contributed by atoms with Crippen LogP contribution in [0.1, 0.15) is 41.4 Å². The lowest BCUT2D eigenvalue weighted by molar-refractivity contribution is -0.0506. The van der Waals surface area contributed by atoms with Crippen molar-refractivity contribution in [2.24, 2.45) is 0 Å². The highest BCUT2D eigenvalue weighted by atomic mass is 32.2. The summed E-state index contributed by atoms with van der Waals surface area (Å²) in [5.41, 5.74) is 1.20. The van der Waals surface area contributed by atoms with Crippen LogP contribution in [0.2, 0.25) is 0 Å². The molecule has 0 saturated carbocycles. The van der Waals surface area contributed by atoms with Crippen LogP contribution < -0.4 is 29.6 Å². The van der Waals surface area contributed by atoms with Gasteiger partial charge in [0.2, 0.25) is 0 Å². The van der Waals surface area contributed by atoms with E-state index in [2.05, 4.69) is 29.6 Å². The topological polar surface area (TPSA) is 244 Å². The molecule has 64 heavy (non-hydrogen) atoms. The number of ether oxygens (including phenoxy) is 2. The summed E-state index contributed by atoms with van der Waals surface area (Å²) in [5, 5.41) is 23.0. The molecule has 6 aromatic rings. The summed E-state index contributed by atoms with van der Waals surface area (Å²) in [6, 6.07) is 31.4. The number of hydrogen-bond acceptors (Lipinski definition) is 10. The van der Waals surface area contributed by atoms with E-state index in [1.807, 2.05) is 0 Å². The third-order valence-corrected chi connectivity index (χ3v) is 11.0. The first-order valence-corrected chi connectivity index (χ1v) is 20.9. The van der Waals surface area contributed by atoms with Gasteiger partial charge in [-0.3, -0.25) is 19.0 Å². The Morgan fingerprint density at radius 2 is 0.781 bits per heavy atom. The van der Waals surface area contributed by atoms with E-state index in [0.29, 0.717) is 11.4 Å². The monoisotopic (exact) mass is 924 g/mol. The van der Waals surface area contributed by atoms with Crippen molar-refractivity contribution in [3.05, 3.63) is 168 Å². The van der Waals surface area contributed by atoms with Crippen molar-refractivity contribution < 1.29 is 73.3 Å². The lowest BCUT2D eigenvalue weighted by Crippen LogP contribution is -2.15. The van der Waals surface area contributed by atoms with Gasteiger partial charge in [0.05, 0.1) is 20.9 Å². The molecule has 22 heteroatoms. The number of sulfonamides is 2. The Labute approximate surface area is 361 Å². The number of nitrogens with one attached hydrogen (secondary N) is 4. The van der Waals surface area contributed by atoms with Gasteiger partial charge in [0, 0.05) is 46.0 Å². The van der Waals surface area contributed by atoms with Crippen LogP contribution in [0.15, 0.2) is 155 Å². The quantitative estimate of drug-likeness (QED) is 0.0505. The van der Waals surface area contributed by atoms with E-state index in [-0.39, 0.29) is 54.9 Å². The standard InChI is InChI=1S/2C21H16F2N2O6S/c2*22-21(23)31-17-5-2-6-18(12-17)32(29,30)25-16-4-1-3-14(11-16)19(26)24-15-9-7-13(8-10-15)20(27)28/h2*1-12,21,25H,(H,24,26)(H,27,28). The molecule has 0 aromatic heterocycles. The molecule has 0 saturated heterocycles. The van der Waals surface area contributed by atoms with Crippen LogP contribution in [0.5, 0.6) is 11.5 Å². The van der Waals surface area contributed by atoms with Crippen molar-refractivity contribution in [1.29, 1.82) is 0 Å². The van der Waals surface area contributed by atoms with Crippen molar-refractivity contribution in [3.63, 3.8) is 0 Å². The second-order valence-corrected chi connectivity index (χ2v) is 16.1. The number of benzene rings is 6. The van der Waals surface area contributed by atoms with Gasteiger partial charge < -0.3 is 30.3 Å². The smallest absolute Gasteiger partial charge is 0.387 e. The van der Waals surface area contributed by atoms with Gasteiger partial charge in [-0.1, -0.05) is 24.3 Å². The maximum absolute atomic E-state index is 12.6. The van der Waals surface area contributed by atoms with Gasteiger partial charge in [-0.05, 0) is 109 Å². The summed E-state index contributed by atoms with van der Waals surface area (Å²) in [4.78, 5) is 46.1. The molecule has 332 valence electrons. The summed E-state index contributed by atoms with van der Waals surface area (Å²) in [6.45, 7) is -6.20. The van der Waals surface area contributed by atoms with E-state index in [1.165, 1.54) is 133 Å². The Morgan fingerprint density at radius 3 is 1.11 bits per heavy atom. The molecule has 6 aromatic carbocycles. The van der Waals surface area contributed by atoms with Gasteiger partial charge in [0.15, 0.2) is 0 Å². The zero-order chi connectivity index (χ0) is 46.6. The average Bonchev–Trinajstić information content (AvgIpc) is 3.24. The number of carbonyl (C=O) groups is 4. The maximum atomic E-state index is 12.6. The van der Waals surface area contributed by atoms with E-state index < -0.39 is 57.0 Å². The summed E-state index contributed by atoms with van der Waals surface area (Å²) in [7, 11) is -8.30. The largest absolute Gasteiger partial charge is 0.478 e. The fourth-order valence-electron chi connectivity index (χ4n) is 5.31. The SMILES string of the molecule is O=C(O)c1ccc(NC(=O)c2cccc(NS(=O)(=O)c3cccc(OC(F)F)c3)c2)cc1.O=C(O)c1ccc(NC(=O)c2cccc(NS(=O)(=O)c3cccc(OC(F)F)c3)c2)cc1. The van der Waals surface area contributed by atoms with Gasteiger partial charge in [0.25, 0.3) is 31.9 Å². The third-order valence-electron chi connectivity index (χ3n) is 8.22. The van der Waals surface area contributed by atoms with Crippen molar-refractivity contribution in [2.75, 3.05) is 20.1 Å². The average molecular weight is 925 g/mol. The summed E-state index contributed by atoms with van der Waals surface area (Å²) in [5.74, 6) is -3.94. The fourth-order valence-corrected chi connectivity index (χ4v) is 7.48. The molecular weight excluding hydrogens is 893 g/mol. The van der Waals surface area contributed by atoms with Crippen LogP contribution >= 0.6 is 0 Å². The van der Waals surface area contributed by atoms with Crippen molar-refractivity contribution >= 4 is 66.5 Å². The van der Waals surface area contributed by atoms with E-state index in [9.17, 15) is 53.6 Å². The van der Waals surface area contributed by atoms with Crippen molar-refractivity contribution in [1.82, 2.24) is 0 Å². The third kappa shape index (κ3) is 13.5. The molecule has 16 nitrogen and oxygen atoms in total. The molecule has 0 bridgehead atoms. The Bertz CT molecular complexity index is 2690. The predicted octanol–water partition coefficient (Wildman–Crippen LogP) is 8.08. The van der Waals surface area contributed by atoms with Crippen molar-refractivity contribution in [2.45, 2.75) is 23.0 Å². The fraction of sp³-hybridized carbons (Fsp3) is 0.0476. The predicted molar refractivity (Wildman–Crippen MR) is 223 cm³/mol. The molecule has 2 amide bonds. The Kier molecular flexibility index (Phi) is 15.2. The van der Waals surface area contributed by atoms with E-state index >= 15 is 0 Å². The number of carboxylic acid groups (broad SMARTS) is 2. The number of halogens is 4. The molecule has 0 unspecified atom stereocenters. The molecule has 0 radical (unpaired) electrons. The Hall–Kier alpha value is -7.98. The van der Waals surface area contributed by atoms with Crippen LogP contribution in [0.4, 0.5) is 40.3 Å². The minimum atomic E-state index is -4.15. The van der Waals surface area contributed by atoms with Crippen LogP contribution in [0, 0.1) is 0 Å². The normalized spacial score (nSPS) is 11.1. The Morgan fingerprint density at radius 1 is 0.438 bits per heavy atom. The molecular formula is C42H32F4N4O12S2. The second kappa shape index (κ2) is 20.7. The molecule has 0 atom stereocenters. The number of carboxylic acids is 2. The highest BCUT2D eigenvalue weighted by molar-refractivity contribution is 7.93. The first-order valence-electron chi connectivity index (χ1n) is 17.9. The van der Waals surface area contributed by atoms with Gasteiger partial charge in [0.1, 0.15) is 11.5 Å². The molecule has 0 fully saturated rings. The highest BCUT2D eigenvalue weighted by Gasteiger charge is 2.19. The highest BCUT2D eigenvalue weighted by Crippen LogP contribution is 2.25. The van der Waals surface area contributed by atoms with E-state index in [0.717, 1.165) is 12.1 Å². The number of amides is 2. The number of alkyl halides is 4. The van der Waals surface area contributed by atoms with E-state index in [1.54, 1.807) is 0 Å². The van der Waals surface area contributed by atoms with Gasteiger partial charge in [-0.2, -0.15) is 17.6 Å². The molecule has 6 N–H and O–H groups in total. The lowest BCUT2D eigenvalue weighted by Gasteiger charge is -2.11. The summed E-state index contributed by atoms with van der Waals surface area (Å²) >= 11 is 0. The second-order valence-electron chi connectivity index (χ2n) is 12.8. The van der Waals surface area contributed by atoms with Gasteiger partial charge in [-0.15, -0.1) is 0 Å². The minimum absolute atomic E-state index is 0.0578. The molecule has 0 spiro atoms. The van der Waals surface area contributed by atoms with Crippen LogP contribution in [-0.2, 0) is 20.0 Å². The minimum Gasteiger partial charge on any atom is -0.478 e. The molecule has 0 aliphatic carbocycles. The number of anilines is 4. The van der Waals surface area contributed by atoms with Crippen LogP contribution in [0.25, 0.3) is 0 Å². The van der Waals surface area contributed by atoms with Crippen molar-refractivity contribution in [3.8, 4) is 11.5 Å². The zero-order valence-corrected chi connectivity index (χ0v) is 33.9. The maximum Gasteiger partial charge on any atom is 0.387 e. The first-order chi connectivity index (χ1) is 30.3. The first kappa shape index (κ1) is 47.1. The van der Waals surface area contributed by atoms with Gasteiger partial charge in [-0.25, -0.2) is 26.4 Å². The number of rotatable bonds is 16.